The molecular weight excluding hydrogens is 348 g/mol. The fraction of sp³-hybridized carbons (Fsp3) is 0.200. The first-order valence-electron chi connectivity index (χ1n) is 8.27. The summed E-state index contributed by atoms with van der Waals surface area (Å²) in [7, 11) is 1.92. The minimum absolute atomic E-state index is 0.0967. The number of aliphatic hydroxyl groups excluding tert-OH is 1. The summed E-state index contributed by atoms with van der Waals surface area (Å²) in [5.74, 6) is -0.667. The van der Waals surface area contributed by atoms with Gasteiger partial charge in [-0.25, -0.2) is 9.79 Å². The first-order valence-corrected chi connectivity index (χ1v) is 9.08. The van der Waals surface area contributed by atoms with Crippen molar-refractivity contribution >= 4 is 34.5 Å². The van der Waals surface area contributed by atoms with Crippen LogP contribution < -0.4 is 0 Å². The maximum absolute atomic E-state index is 12.4. The quantitative estimate of drug-likeness (QED) is 0.806. The summed E-state index contributed by atoms with van der Waals surface area (Å²) in [6, 6.07) is 11.5. The molecular formula is C20H20N2O3S. The number of nitrogens with zero attached hydrogens (tertiary/aromatic N) is 2. The van der Waals surface area contributed by atoms with E-state index < -0.39 is 5.97 Å². The van der Waals surface area contributed by atoms with Crippen LogP contribution in [-0.4, -0.2) is 27.3 Å². The lowest BCUT2D eigenvalue weighted by atomic mass is 10.2. The largest absolute Gasteiger partial charge is 0.506 e. The van der Waals surface area contributed by atoms with E-state index in [9.17, 15) is 9.90 Å². The third-order valence-corrected chi connectivity index (χ3v) is 4.92. The number of esters is 1. The Balaban J connectivity index is 2.04. The minimum atomic E-state index is -0.571. The van der Waals surface area contributed by atoms with Gasteiger partial charge in [0.15, 0.2) is 0 Å². The van der Waals surface area contributed by atoms with Crippen molar-refractivity contribution in [2.24, 2.45) is 12.0 Å². The molecule has 0 fully saturated rings. The number of aliphatic imine (C=N–C) groups is 1. The highest BCUT2D eigenvalue weighted by molar-refractivity contribution is 8.18. The van der Waals surface area contributed by atoms with Gasteiger partial charge in [-0.1, -0.05) is 29.5 Å². The van der Waals surface area contributed by atoms with E-state index in [4.69, 9.17) is 4.74 Å². The summed E-state index contributed by atoms with van der Waals surface area (Å²) in [5, 5.41) is 11.1. The van der Waals surface area contributed by atoms with E-state index in [1.165, 1.54) is 11.8 Å². The van der Waals surface area contributed by atoms with E-state index in [-0.39, 0.29) is 17.9 Å². The Morgan fingerprint density at radius 3 is 2.65 bits per heavy atom. The minimum Gasteiger partial charge on any atom is -0.506 e. The Morgan fingerprint density at radius 1 is 1.31 bits per heavy atom. The second-order valence-corrected chi connectivity index (χ2v) is 6.88. The molecule has 2 heterocycles. The lowest BCUT2D eigenvalue weighted by Gasteiger charge is -2.04. The third kappa shape index (κ3) is 3.75. The van der Waals surface area contributed by atoms with E-state index in [0.29, 0.717) is 15.6 Å². The molecule has 3 rings (SSSR count). The summed E-state index contributed by atoms with van der Waals surface area (Å²) < 4.78 is 7.04. The first-order chi connectivity index (χ1) is 12.5. The number of benzene rings is 1. The summed E-state index contributed by atoms with van der Waals surface area (Å²) >= 11 is 1.26. The molecule has 5 nitrogen and oxygen atoms in total. The van der Waals surface area contributed by atoms with Crippen LogP contribution in [-0.2, 0) is 16.6 Å². The monoisotopic (exact) mass is 368 g/mol. The molecule has 0 aliphatic carbocycles. The molecule has 1 aromatic carbocycles. The summed E-state index contributed by atoms with van der Waals surface area (Å²) in [6.45, 7) is 3.96. The Kier molecular flexibility index (Phi) is 5.32. The molecule has 0 spiro atoms. The van der Waals surface area contributed by atoms with Crippen molar-refractivity contribution in [2.75, 3.05) is 6.61 Å². The number of hydrogen-bond acceptors (Lipinski definition) is 5. The van der Waals surface area contributed by atoms with Gasteiger partial charge >= 0.3 is 5.97 Å². The summed E-state index contributed by atoms with van der Waals surface area (Å²) in [6.07, 6.45) is 3.75. The van der Waals surface area contributed by atoms with Crippen LogP contribution in [0, 0.1) is 6.92 Å². The van der Waals surface area contributed by atoms with Gasteiger partial charge in [-0.05, 0) is 44.2 Å². The number of thioether (sulfide) groups is 1. The van der Waals surface area contributed by atoms with Crippen LogP contribution >= 0.6 is 11.8 Å². The number of aryl methyl sites for hydroxylation is 2. The molecule has 0 saturated carbocycles. The van der Waals surface area contributed by atoms with Crippen LogP contribution in [0.3, 0.4) is 0 Å². The zero-order valence-corrected chi connectivity index (χ0v) is 15.7. The average molecular weight is 368 g/mol. The maximum atomic E-state index is 12.4. The van der Waals surface area contributed by atoms with Crippen LogP contribution in [0.4, 0.5) is 5.69 Å². The number of carbonyl (C=O) groups is 1. The predicted octanol–water partition coefficient (Wildman–Crippen LogP) is 4.53. The van der Waals surface area contributed by atoms with Crippen molar-refractivity contribution in [1.82, 2.24) is 4.57 Å². The number of rotatable bonds is 4. The molecule has 1 aliphatic rings. The SMILES string of the molecule is CCOC(=O)C1=C(O)C(=Cc2cccn2C)SC1=Nc1ccc(C)cc1. The number of aromatic nitrogens is 1. The molecule has 26 heavy (non-hydrogen) atoms. The topological polar surface area (TPSA) is 63.8 Å². The highest BCUT2D eigenvalue weighted by Crippen LogP contribution is 2.40. The van der Waals surface area contributed by atoms with Gasteiger partial charge in [0, 0.05) is 18.9 Å². The smallest absolute Gasteiger partial charge is 0.344 e. The summed E-state index contributed by atoms with van der Waals surface area (Å²) in [4.78, 5) is 17.5. The van der Waals surface area contributed by atoms with E-state index in [0.717, 1.165) is 11.3 Å². The zero-order chi connectivity index (χ0) is 18.7. The van der Waals surface area contributed by atoms with E-state index in [1.54, 1.807) is 6.92 Å². The fourth-order valence-electron chi connectivity index (χ4n) is 2.49. The van der Waals surface area contributed by atoms with Crippen molar-refractivity contribution in [3.63, 3.8) is 0 Å². The van der Waals surface area contributed by atoms with Gasteiger partial charge in [-0.15, -0.1) is 0 Å². The molecule has 0 unspecified atom stereocenters. The Bertz CT molecular complexity index is 921. The molecule has 2 aromatic rings. The molecule has 1 aromatic heterocycles. The van der Waals surface area contributed by atoms with Gasteiger partial charge in [0.1, 0.15) is 16.4 Å². The molecule has 0 bridgehead atoms. The van der Waals surface area contributed by atoms with Crippen LogP contribution in [0.5, 0.6) is 0 Å². The number of carbonyl (C=O) groups excluding carboxylic acids is 1. The molecule has 134 valence electrons. The highest BCUT2D eigenvalue weighted by atomic mass is 32.2. The van der Waals surface area contributed by atoms with Gasteiger partial charge in [0.2, 0.25) is 0 Å². The van der Waals surface area contributed by atoms with Crippen molar-refractivity contribution in [1.29, 1.82) is 0 Å². The number of hydrogen-bond donors (Lipinski definition) is 1. The van der Waals surface area contributed by atoms with Gasteiger partial charge in [-0.3, -0.25) is 0 Å². The summed E-state index contributed by atoms with van der Waals surface area (Å²) in [5.41, 5.74) is 2.87. The number of ether oxygens (including phenoxy) is 1. The zero-order valence-electron chi connectivity index (χ0n) is 14.9. The standard InChI is InChI=1S/C20H20N2O3S/c1-4-25-20(24)17-18(23)16(12-15-6-5-11-22(15)3)26-19(17)21-14-9-7-13(2)8-10-14/h5-12,23H,4H2,1-3H3. The Morgan fingerprint density at radius 2 is 2.04 bits per heavy atom. The van der Waals surface area contributed by atoms with E-state index in [1.807, 2.05) is 67.2 Å². The van der Waals surface area contributed by atoms with Crippen LogP contribution in [0.15, 0.2) is 63.8 Å². The Hall–Kier alpha value is -2.73. The fourth-order valence-corrected chi connectivity index (χ4v) is 3.51. The second-order valence-electron chi connectivity index (χ2n) is 5.85. The lowest BCUT2D eigenvalue weighted by molar-refractivity contribution is -0.138. The molecule has 0 atom stereocenters. The molecule has 0 saturated heterocycles. The van der Waals surface area contributed by atoms with Gasteiger partial charge in [0.05, 0.1) is 17.2 Å². The molecule has 0 amide bonds. The first kappa shape index (κ1) is 18.1. The van der Waals surface area contributed by atoms with E-state index in [2.05, 4.69) is 4.99 Å². The predicted molar refractivity (Wildman–Crippen MR) is 106 cm³/mol. The molecule has 1 N–H and O–H groups in total. The van der Waals surface area contributed by atoms with Crippen molar-refractivity contribution in [3.8, 4) is 0 Å². The lowest BCUT2D eigenvalue weighted by Crippen LogP contribution is -2.12. The Labute approximate surface area is 156 Å². The van der Waals surface area contributed by atoms with Crippen molar-refractivity contribution in [2.45, 2.75) is 13.8 Å². The normalized spacial score (nSPS) is 17.3. The van der Waals surface area contributed by atoms with Gasteiger partial charge in [-0.2, -0.15) is 0 Å². The highest BCUT2D eigenvalue weighted by Gasteiger charge is 2.33. The third-order valence-electron chi connectivity index (χ3n) is 3.90. The van der Waals surface area contributed by atoms with Gasteiger partial charge < -0.3 is 14.4 Å². The molecule has 6 heteroatoms. The van der Waals surface area contributed by atoms with Crippen molar-refractivity contribution < 1.29 is 14.6 Å². The molecule has 1 aliphatic heterocycles. The van der Waals surface area contributed by atoms with Gasteiger partial charge in [0.25, 0.3) is 0 Å². The second kappa shape index (κ2) is 7.66. The van der Waals surface area contributed by atoms with Crippen LogP contribution in [0.25, 0.3) is 6.08 Å². The average Bonchev–Trinajstić information content (AvgIpc) is 3.14. The number of aliphatic hydroxyl groups is 1. The maximum Gasteiger partial charge on any atom is 0.344 e. The van der Waals surface area contributed by atoms with Crippen molar-refractivity contribution in [3.05, 3.63) is 70.1 Å². The van der Waals surface area contributed by atoms with E-state index >= 15 is 0 Å². The van der Waals surface area contributed by atoms with Crippen LogP contribution in [0.2, 0.25) is 0 Å². The molecule has 0 radical (unpaired) electrons. The van der Waals surface area contributed by atoms with Crippen LogP contribution in [0.1, 0.15) is 18.2 Å².